The normalized spacial score (nSPS) is 10.2. The van der Waals surface area contributed by atoms with Crippen molar-refractivity contribution in [3.8, 4) is 0 Å². The van der Waals surface area contributed by atoms with E-state index in [4.69, 9.17) is 11.6 Å². The van der Waals surface area contributed by atoms with Crippen LogP contribution in [0.3, 0.4) is 0 Å². The van der Waals surface area contributed by atoms with Crippen molar-refractivity contribution in [2.45, 2.75) is 6.54 Å². The van der Waals surface area contributed by atoms with Crippen LogP contribution in [0.2, 0.25) is 5.02 Å². The molecular formula is C14H10ClFN2O3. The Labute approximate surface area is 124 Å². The van der Waals surface area contributed by atoms with Crippen molar-refractivity contribution in [3.05, 3.63) is 74.5 Å². The number of nitro groups is 1. The van der Waals surface area contributed by atoms with Crippen LogP contribution in [0.15, 0.2) is 42.5 Å². The van der Waals surface area contributed by atoms with Crippen LogP contribution in [0.4, 0.5) is 10.1 Å². The van der Waals surface area contributed by atoms with Crippen LogP contribution in [-0.2, 0) is 6.54 Å². The number of nitro benzene ring substituents is 1. The number of carbonyl (C=O) groups excluding carboxylic acids is 1. The molecule has 0 spiro atoms. The first kappa shape index (κ1) is 14.9. The van der Waals surface area contributed by atoms with Gasteiger partial charge in [-0.3, -0.25) is 14.9 Å². The second-order valence-electron chi connectivity index (χ2n) is 4.19. The maximum absolute atomic E-state index is 13.4. The van der Waals surface area contributed by atoms with E-state index in [1.807, 2.05) is 0 Å². The van der Waals surface area contributed by atoms with Gasteiger partial charge in [-0.05, 0) is 18.2 Å². The third-order valence-corrected chi connectivity index (χ3v) is 3.03. The lowest BCUT2D eigenvalue weighted by Crippen LogP contribution is -2.24. The minimum Gasteiger partial charge on any atom is -0.348 e. The lowest BCUT2D eigenvalue weighted by Gasteiger charge is -2.07. The van der Waals surface area contributed by atoms with Crippen molar-refractivity contribution < 1.29 is 14.1 Å². The molecule has 0 aliphatic heterocycles. The molecule has 0 aliphatic carbocycles. The Balaban J connectivity index is 2.18. The summed E-state index contributed by atoms with van der Waals surface area (Å²) in [4.78, 5) is 22.2. The number of hydrogen-bond donors (Lipinski definition) is 1. The number of rotatable bonds is 4. The Kier molecular flexibility index (Phi) is 4.49. The molecule has 0 saturated heterocycles. The molecule has 0 aromatic heterocycles. The SMILES string of the molecule is O=C(NCc1ccccc1F)c1ccc(Cl)cc1[N+](=O)[O-]. The van der Waals surface area contributed by atoms with Gasteiger partial charge in [0.05, 0.1) is 4.92 Å². The molecule has 5 nitrogen and oxygen atoms in total. The molecule has 0 heterocycles. The average Bonchev–Trinajstić information content (AvgIpc) is 2.46. The zero-order valence-electron chi connectivity index (χ0n) is 10.7. The van der Waals surface area contributed by atoms with Gasteiger partial charge in [0.1, 0.15) is 11.4 Å². The lowest BCUT2D eigenvalue weighted by atomic mass is 10.1. The quantitative estimate of drug-likeness (QED) is 0.695. The van der Waals surface area contributed by atoms with Crippen molar-refractivity contribution in [2.75, 3.05) is 0 Å². The highest BCUT2D eigenvalue weighted by Gasteiger charge is 2.20. The van der Waals surface area contributed by atoms with Crippen molar-refractivity contribution >= 4 is 23.2 Å². The number of halogens is 2. The molecular weight excluding hydrogens is 299 g/mol. The van der Waals surface area contributed by atoms with E-state index in [1.54, 1.807) is 6.07 Å². The van der Waals surface area contributed by atoms with E-state index in [0.29, 0.717) is 5.56 Å². The smallest absolute Gasteiger partial charge is 0.283 e. The summed E-state index contributed by atoms with van der Waals surface area (Å²) in [5.41, 5.74) is -0.225. The van der Waals surface area contributed by atoms with Crippen LogP contribution in [0.25, 0.3) is 0 Å². The molecule has 1 amide bonds. The van der Waals surface area contributed by atoms with E-state index in [0.717, 1.165) is 6.07 Å². The maximum Gasteiger partial charge on any atom is 0.283 e. The molecule has 2 aromatic rings. The third-order valence-electron chi connectivity index (χ3n) is 2.80. The maximum atomic E-state index is 13.4. The van der Waals surface area contributed by atoms with Crippen LogP contribution in [-0.4, -0.2) is 10.8 Å². The summed E-state index contributed by atoms with van der Waals surface area (Å²) < 4.78 is 13.4. The largest absolute Gasteiger partial charge is 0.348 e. The molecule has 21 heavy (non-hydrogen) atoms. The number of benzene rings is 2. The highest BCUT2D eigenvalue weighted by atomic mass is 35.5. The van der Waals surface area contributed by atoms with Crippen LogP contribution in [0.1, 0.15) is 15.9 Å². The van der Waals surface area contributed by atoms with E-state index in [9.17, 15) is 19.3 Å². The van der Waals surface area contributed by atoms with Gasteiger partial charge in [-0.1, -0.05) is 29.8 Å². The predicted octanol–water partition coefficient (Wildman–Crippen LogP) is 3.32. The number of hydrogen-bond acceptors (Lipinski definition) is 3. The number of carbonyl (C=O) groups is 1. The molecule has 0 saturated carbocycles. The van der Waals surface area contributed by atoms with E-state index in [1.165, 1.54) is 30.3 Å². The first-order chi connectivity index (χ1) is 9.99. The lowest BCUT2D eigenvalue weighted by molar-refractivity contribution is -0.385. The van der Waals surface area contributed by atoms with Crippen LogP contribution in [0.5, 0.6) is 0 Å². The van der Waals surface area contributed by atoms with Crippen molar-refractivity contribution in [1.82, 2.24) is 5.32 Å². The van der Waals surface area contributed by atoms with Crippen molar-refractivity contribution in [2.24, 2.45) is 0 Å². The predicted molar refractivity (Wildman–Crippen MR) is 75.7 cm³/mol. The Hall–Kier alpha value is -2.47. The molecule has 0 bridgehead atoms. The Bertz CT molecular complexity index is 706. The standard InChI is InChI=1S/C14H10ClFN2O3/c15-10-5-6-11(13(7-10)18(20)21)14(19)17-8-9-3-1-2-4-12(9)16/h1-7H,8H2,(H,17,19). The number of amides is 1. The molecule has 0 fully saturated rings. The van der Waals surface area contributed by atoms with Crippen molar-refractivity contribution in [3.63, 3.8) is 0 Å². The highest BCUT2D eigenvalue weighted by molar-refractivity contribution is 6.31. The first-order valence-electron chi connectivity index (χ1n) is 5.94. The zero-order chi connectivity index (χ0) is 15.4. The monoisotopic (exact) mass is 308 g/mol. The van der Waals surface area contributed by atoms with E-state index >= 15 is 0 Å². The van der Waals surface area contributed by atoms with Crippen LogP contribution < -0.4 is 5.32 Å². The van der Waals surface area contributed by atoms with Gasteiger partial charge in [-0.25, -0.2) is 4.39 Å². The summed E-state index contributed by atoms with van der Waals surface area (Å²) in [5.74, 6) is -1.12. The topological polar surface area (TPSA) is 72.2 Å². The minimum absolute atomic E-state index is 0.0642. The molecule has 2 aromatic carbocycles. The molecule has 0 atom stereocenters. The van der Waals surface area contributed by atoms with Gasteiger partial charge in [0, 0.05) is 23.2 Å². The van der Waals surface area contributed by atoms with Gasteiger partial charge in [0.25, 0.3) is 11.6 Å². The summed E-state index contributed by atoms with van der Waals surface area (Å²) in [6.07, 6.45) is 0. The van der Waals surface area contributed by atoms with E-state index in [-0.39, 0.29) is 17.1 Å². The van der Waals surface area contributed by atoms with Gasteiger partial charge in [-0.2, -0.15) is 0 Å². The number of nitrogens with one attached hydrogen (secondary N) is 1. The van der Waals surface area contributed by atoms with Crippen molar-refractivity contribution in [1.29, 1.82) is 0 Å². The summed E-state index contributed by atoms with van der Waals surface area (Å²) in [7, 11) is 0. The van der Waals surface area contributed by atoms with Crippen LogP contribution >= 0.6 is 11.6 Å². The Morgan fingerprint density at radius 2 is 2.00 bits per heavy atom. The second-order valence-corrected chi connectivity index (χ2v) is 4.63. The van der Waals surface area contributed by atoms with Gasteiger partial charge in [-0.15, -0.1) is 0 Å². The van der Waals surface area contributed by atoms with E-state index < -0.39 is 22.3 Å². The molecule has 0 unspecified atom stereocenters. The van der Waals surface area contributed by atoms with E-state index in [2.05, 4.69) is 5.32 Å². The van der Waals surface area contributed by atoms with Gasteiger partial charge >= 0.3 is 0 Å². The summed E-state index contributed by atoms with van der Waals surface area (Å²) in [5, 5.41) is 13.5. The fourth-order valence-corrected chi connectivity index (χ4v) is 1.93. The molecule has 2 rings (SSSR count). The zero-order valence-corrected chi connectivity index (χ0v) is 11.4. The Morgan fingerprint density at radius 1 is 1.29 bits per heavy atom. The molecule has 1 N–H and O–H groups in total. The third kappa shape index (κ3) is 3.55. The summed E-state index contributed by atoms with van der Waals surface area (Å²) in [6.45, 7) is -0.0642. The molecule has 0 aliphatic rings. The fourth-order valence-electron chi connectivity index (χ4n) is 1.76. The fraction of sp³-hybridized carbons (Fsp3) is 0.0714. The van der Waals surface area contributed by atoms with Gasteiger partial charge in [0.2, 0.25) is 0 Å². The molecule has 0 radical (unpaired) electrons. The van der Waals surface area contributed by atoms with Gasteiger partial charge < -0.3 is 5.32 Å². The molecule has 108 valence electrons. The average molecular weight is 309 g/mol. The highest BCUT2D eigenvalue weighted by Crippen LogP contribution is 2.23. The summed E-state index contributed by atoms with van der Waals surface area (Å²) >= 11 is 5.67. The van der Waals surface area contributed by atoms with Crippen LogP contribution in [0, 0.1) is 15.9 Å². The number of nitrogens with zero attached hydrogens (tertiary/aromatic N) is 1. The summed E-state index contributed by atoms with van der Waals surface area (Å²) in [6, 6.07) is 9.70. The second kappa shape index (κ2) is 6.32. The first-order valence-corrected chi connectivity index (χ1v) is 6.32. The molecule has 7 heteroatoms. The minimum atomic E-state index is -0.691. The Morgan fingerprint density at radius 3 is 2.67 bits per heavy atom. The van der Waals surface area contributed by atoms with Gasteiger partial charge in [0.15, 0.2) is 0 Å².